The number of rotatable bonds is 5. The Balaban J connectivity index is 0. The van der Waals surface area contributed by atoms with E-state index in [4.69, 9.17) is 5.11 Å². The molecule has 15 heteroatoms. The average molecular weight is 384 g/mol. The number of alkyl halides is 6. The summed E-state index contributed by atoms with van der Waals surface area (Å²) in [7, 11) is -13.7. The van der Waals surface area contributed by atoms with Crippen LogP contribution in [0.2, 0.25) is 0 Å². The Labute approximate surface area is 121 Å². The molecule has 0 spiro atoms. The number of aliphatic carboxylic acids is 1. The molecule has 1 N–H and O–H groups in total. The largest absolute Gasteiger partial charge is 0.524 e. The molecule has 134 valence electrons. The van der Waals surface area contributed by atoms with Crippen LogP contribution < -0.4 is 0 Å². The van der Waals surface area contributed by atoms with Gasteiger partial charge in [-0.3, -0.25) is 4.79 Å². The van der Waals surface area contributed by atoms with Gasteiger partial charge in [0.1, 0.15) is 0 Å². The molecular weight excluding hydrogens is 374 g/mol. The molecule has 0 saturated carbocycles. The Kier molecular flexibility index (Phi) is 8.39. The maximum Gasteiger partial charge on any atom is 0.524 e. The number of hydrogen-bond acceptors (Lipinski definition) is 6. The van der Waals surface area contributed by atoms with E-state index in [9.17, 15) is 48.0 Å². The summed E-state index contributed by atoms with van der Waals surface area (Å²) >= 11 is 0. The Morgan fingerprint density at radius 3 is 1.41 bits per heavy atom. The van der Waals surface area contributed by atoms with Gasteiger partial charge in [-0.25, -0.2) is 0 Å². The molecule has 0 atom stereocenters. The molecule has 7 nitrogen and oxygen atoms in total. The van der Waals surface area contributed by atoms with Crippen molar-refractivity contribution < 1.29 is 56.7 Å². The molecule has 0 aromatic heterocycles. The van der Waals surface area contributed by atoms with E-state index in [1.165, 1.54) is 0 Å². The Hall–Kier alpha value is -1.09. The first kappa shape index (κ1) is 23.2. The van der Waals surface area contributed by atoms with Crippen LogP contribution in [0.25, 0.3) is 0 Å². The first-order chi connectivity index (χ1) is 9.48. The van der Waals surface area contributed by atoms with Gasteiger partial charge in [-0.15, -0.1) is 3.63 Å². The molecule has 0 bridgehead atoms. The van der Waals surface area contributed by atoms with Crippen molar-refractivity contribution in [2.24, 2.45) is 0 Å². The minimum atomic E-state index is -6.85. The zero-order valence-electron chi connectivity index (χ0n) is 10.6. The highest BCUT2D eigenvalue weighted by Gasteiger charge is 2.57. The maximum atomic E-state index is 11.4. The van der Waals surface area contributed by atoms with Crippen molar-refractivity contribution in [1.82, 2.24) is 0 Å². The van der Waals surface area contributed by atoms with Gasteiger partial charge in [0.15, 0.2) is 0 Å². The predicted molar refractivity (Wildman–Crippen MR) is 58.2 cm³/mol. The van der Waals surface area contributed by atoms with Gasteiger partial charge < -0.3 is 5.11 Å². The van der Waals surface area contributed by atoms with Crippen molar-refractivity contribution in [1.29, 1.82) is 0 Å². The summed E-state index contributed by atoms with van der Waals surface area (Å²) in [6.45, 7) is 1.98. The van der Waals surface area contributed by atoms with Crippen molar-refractivity contribution in [3.63, 3.8) is 0 Å². The first-order valence-electron chi connectivity index (χ1n) is 5.03. The van der Waals surface area contributed by atoms with Crippen molar-refractivity contribution in [3.05, 3.63) is 0 Å². The number of carboxylic acids is 1. The van der Waals surface area contributed by atoms with Gasteiger partial charge in [0, 0.05) is 6.42 Å². The van der Waals surface area contributed by atoms with Crippen molar-refractivity contribution >= 4 is 26.2 Å². The first-order valence-corrected chi connectivity index (χ1v) is 7.85. The Bertz CT molecular complexity index is 517. The van der Waals surface area contributed by atoms with Crippen LogP contribution in [0.4, 0.5) is 26.3 Å². The van der Waals surface area contributed by atoms with Gasteiger partial charge in [0.2, 0.25) is 0 Å². The van der Waals surface area contributed by atoms with E-state index < -0.39 is 37.2 Å². The molecule has 22 heavy (non-hydrogen) atoms. The summed E-state index contributed by atoms with van der Waals surface area (Å²) in [5.74, 6) is -0.693. The fourth-order valence-corrected chi connectivity index (χ4v) is 2.08. The molecule has 0 aliphatic carbocycles. The van der Waals surface area contributed by atoms with Gasteiger partial charge in [-0.1, -0.05) is 13.3 Å². The molecule has 0 unspecified atom stereocenters. The fraction of sp³-hybridized carbons (Fsp3) is 0.857. The second kappa shape index (κ2) is 7.96. The second-order valence-electron chi connectivity index (χ2n) is 3.37. The fourth-order valence-electron chi connectivity index (χ4n) is 0.523. The molecule has 0 fully saturated rings. The second-order valence-corrected chi connectivity index (χ2v) is 6.65. The van der Waals surface area contributed by atoms with Crippen molar-refractivity contribution in [2.45, 2.75) is 37.2 Å². The molecular formula is C7H10F6O7S2. The van der Waals surface area contributed by atoms with Gasteiger partial charge in [-0.2, -0.15) is 43.2 Å². The van der Waals surface area contributed by atoms with E-state index in [2.05, 4.69) is 0 Å². The monoisotopic (exact) mass is 384 g/mol. The highest BCUT2D eigenvalue weighted by Crippen LogP contribution is 2.32. The van der Waals surface area contributed by atoms with Crippen LogP contribution in [0.1, 0.15) is 26.2 Å². The maximum absolute atomic E-state index is 11.4. The third-order valence-corrected chi connectivity index (χ3v) is 4.06. The van der Waals surface area contributed by atoms with Crippen LogP contribution in [-0.2, 0) is 28.7 Å². The summed E-state index contributed by atoms with van der Waals surface area (Å²) in [6.07, 6.45) is 2.08. The molecule has 0 aliphatic heterocycles. The van der Waals surface area contributed by atoms with Crippen LogP contribution in [-0.4, -0.2) is 38.9 Å². The number of halogens is 6. The van der Waals surface area contributed by atoms with E-state index in [-0.39, 0.29) is 0 Å². The third-order valence-electron chi connectivity index (χ3n) is 1.49. The number of carbonyl (C=O) groups is 1. The number of unbranched alkanes of at least 4 members (excludes halogenated alkanes) is 1. The highest BCUT2D eigenvalue weighted by atomic mass is 32.3. The van der Waals surface area contributed by atoms with Gasteiger partial charge in [0.05, 0.1) is 0 Å². The lowest BCUT2D eigenvalue weighted by Crippen LogP contribution is -2.34. The van der Waals surface area contributed by atoms with E-state index in [0.717, 1.165) is 12.8 Å². The SMILES string of the molecule is CCCCC(=O)O.O=S(=O)(OS(=O)(=O)C(F)(F)F)C(F)(F)F. The molecule has 0 rings (SSSR count). The average Bonchev–Trinajstić information content (AvgIpc) is 2.22. The van der Waals surface area contributed by atoms with Crippen molar-refractivity contribution in [3.8, 4) is 0 Å². The van der Waals surface area contributed by atoms with E-state index in [1.807, 2.05) is 10.6 Å². The topological polar surface area (TPSA) is 115 Å². The summed E-state index contributed by atoms with van der Waals surface area (Å²) in [4.78, 5) is 9.76. The van der Waals surface area contributed by atoms with Gasteiger partial charge >= 0.3 is 37.2 Å². The Morgan fingerprint density at radius 1 is 0.955 bits per heavy atom. The number of carboxylic acid groups (broad SMARTS) is 1. The van der Waals surface area contributed by atoms with Crippen molar-refractivity contribution in [2.75, 3.05) is 0 Å². The zero-order valence-corrected chi connectivity index (χ0v) is 12.2. The normalized spacial score (nSPS) is 13.2. The molecule has 0 saturated heterocycles. The van der Waals surface area contributed by atoms with Crippen LogP contribution in [0.15, 0.2) is 0 Å². The van der Waals surface area contributed by atoms with E-state index in [0.29, 0.717) is 6.42 Å². The molecule has 0 radical (unpaired) electrons. The summed E-state index contributed by atoms with van der Waals surface area (Å²) in [5.41, 5.74) is -12.5. The van der Waals surface area contributed by atoms with Crippen LogP contribution >= 0.6 is 0 Å². The molecule has 0 aromatic carbocycles. The van der Waals surface area contributed by atoms with E-state index >= 15 is 0 Å². The lowest BCUT2D eigenvalue weighted by atomic mass is 10.3. The molecule has 0 amide bonds. The smallest absolute Gasteiger partial charge is 0.481 e. The summed E-state index contributed by atoms with van der Waals surface area (Å²) < 4.78 is 110. The minimum Gasteiger partial charge on any atom is -0.481 e. The third kappa shape index (κ3) is 8.38. The summed E-state index contributed by atoms with van der Waals surface area (Å²) in [5, 5.41) is 8.04. The zero-order chi connectivity index (χ0) is 18.4. The minimum absolute atomic E-state index is 0.316. The predicted octanol–water partition coefficient (Wildman–Crippen LogP) is 1.96. The standard InChI is InChI=1S/C5H10O2.C2F6O5S2/c1-2-3-4-5(6)7;3-1(4,5)14(9,10)13-15(11,12)2(6,7)8/h2-4H2,1H3,(H,6,7);. The van der Waals surface area contributed by atoms with Crippen LogP contribution in [0, 0.1) is 0 Å². The molecule has 0 aliphatic rings. The number of hydrogen-bond donors (Lipinski definition) is 1. The Morgan fingerprint density at radius 2 is 1.27 bits per heavy atom. The van der Waals surface area contributed by atoms with Gasteiger partial charge in [0.25, 0.3) is 0 Å². The molecule has 0 heterocycles. The molecule has 0 aromatic rings. The van der Waals surface area contributed by atoms with Crippen LogP contribution in [0.5, 0.6) is 0 Å². The lowest BCUT2D eigenvalue weighted by Gasteiger charge is -2.09. The lowest BCUT2D eigenvalue weighted by molar-refractivity contribution is -0.137. The highest BCUT2D eigenvalue weighted by molar-refractivity contribution is 8.00. The van der Waals surface area contributed by atoms with E-state index in [1.54, 1.807) is 0 Å². The quantitative estimate of drug-likeness (QED) is 0.569. The van der Waals surface area contributed by atoms with Crippen LogP contribution in [0.3, 0.4) is 0 Å². The van der Waals surface area contributed by atoms with Gasteiger partial charge in [-0.05, 0) is 6.42 Å². The summed E-state index contributed by atoms with van der Waals surface area (Å²) in [6, 6.07) is 0.